The van der Waals surface area contributed by atoms with Crippen molar-refractivity contribution in [2.24, 2.45) is 10.7 Å². The summed E-state index contributed by atoms with van der Waals surface area (Å²) in [5, 5.41) is 1.29. The number of aromatic nitrogens is 3. The van der Waals surface area contributed by atoms with Crippen LogP contribution in [0.15, 0.2) is 28.2 Å². The molecule has 1 aromatic carbocycles. The van der Waals surface area contributed by atoms with Crippen LogP contribution in [0.1, 0.15) is 23.9 Å². The molecule has 1 aliphatic carbocycles. The fourth-order valence-electron chi connectivity index (χ4n) is 2.76. The van der Waals surface area contributed by atoms with Crippen molar-refractivity contribution in [1.29, 1.82) is 0 Å². The Kier molecular flexibility index (Phi) is 4.01. The van der Waals surface area contributed by atoms with E-state index in [2.05, 4.69) is 19.9 Å². The van der Waals surface area contributed by atoms with Gasteiger partial charge in [-0.15, -0.1) is 11.3 Å². The van der Waals surface area contributed by atoms with Crippen molar-refractivity contribution < 1.29 is 0 Å². The molecule has 0 radical (unpaired) electrons. The molecule has 0 atom stereocenters. The Bertz CT molecular complexity index is 1030. The van der Waals surface area contributed by atoms with Crippen LogP contribution in [0.25, 0.3) is 21.1 Å². The molecule has 25 heavy (non-hydrogen) atoms. The molecule has 0 amide bonds. The van der Waals surface area contributed by atoms with E-state index in [9.17, 15) is 4.79 Å². The minimum Gasteiger partial charge on any atom is -0.381 e. The van der Waals surface area contributed by atoms with E-state index in [4.69, 9.17) is 5.73 Å². The van der Waals surface area contributed by atoms with Gasteiger partial charge in [-0.2, -0.15) is 0 Å². The summed E-state index contributed by atoms with van der Waals surface area (Å²) in [5.74, 6) is 0.419. The minimum atomic E-state index is 0.0106. The van der Waals surface area contributed by atoms with E-state index in [1.54, 1.807) is 10.9 Å². The highest BCUT2D eigenvalue weighted by Gasteiger charge is 2.26. The predicted molar refractivity (Wildman–Crippen MR) is 102 cm³/mol. The molecule has 1 fully saturated rings. The van der Waals surface area contributed by atoms with E-state index in [1.165, 1.54) is 11.3 Å². The Morgan fingerprint density at radius 2 is 2.16 bits per heavy atom. The van der Waals surface area contributed by atoms with Crippen LogP contribution in [0.2, 0.25) is 0 Å². The van der Waals surface area contributed by atoms with Crippen LogP contribution in [0, 0.1) is 0 Å². The summed E-state index contributed by atoms with van der Waals surface area (Å²) in [7, 11) is 3.99. The van der Waals surface area contributed by atoms with Gasteiger partial charge in [0.25, 0.3) is 5.56 Å². The summed E-state index contributed by atoms with van der Waals surface area (Å²) in [5.41, 5.74) is 7.58. The lowest BCUT2D eigenvalue weighted by Gasteiger charge is -2.05. The van der Waals surface area contributed by atoms with Gasteiger partial charge in [0.15, 0.2) is 10.8 Å². The molecule has 0 spiro atoms. The van der Waals surface area contributed by atoms with Gasteiger partial charge in [0.1, 0.15) is 0 Å². The molecule has 0 unspecified atom stereocenters. The van der Waals surface area contributed by atoms with Crippen molar-refractivity contribution >= 4 is 38.3 Å². The molecule has 7 nitrogen and oxygen atoms in total. The van der Waals surface area contributed by atoms with E-state index < -0.39 is 0 Å². The van der Waals surface area contributed by atoms with Gasteiger partial charge in [-0.1, -0.05) is 0 Å². The van der Waals surface area contributed by atoms with Crippen molar-refractivity contribution in [3.8, 4) is 0 Å². The molecule has 0 aliphatic heterocycles. The highest BCUT2D eigenvalue weighted by atomic mass is 32.1. The van der Waals surface area contributed by atoms with Crippen LogP contribution in [0.3, 0.4) is 0 Å². The Balaban J connectivity index is 1.81. The van der Waals surface area contributed by atoms with E-state index in [-0.39, 0.29) is 5.56 Å². The Morgan fingerprint density at radius 3 is 2.88 bits per heavy atom. The zero-order chi connectivity index (χ0) is 17.6. The van der Waals surface area contributed by atoms with Gasteiger partial charge in [0.05, 0.1) is 34.0 Å². The van der Waals surface area contributed by atoms with Crippen molar-refractivity contribution in [1.82, 2.24) is 19.4 Å². The Labute approximate surface area is 148 Å². The molecule has 130 valence electrons. The average Bonchev–Trinajstić information content (AvgIpc) is 3.32. The van der Waals surface area contributed by atoms with Crippen molar-refractivity contribution in [2.75, 3.05) is 27.2 Å². The third-order valence-electron chi connectivity index (χ3n) is 4.29. The first-order chi connectivity index (χ1) is 12.0. The highest BCUT2D eigenvalue weighted by molar-refractivity contribution is 7.21. The monoisotopic (exact) mass is 356 g/mol. The van der Waals surface area contributed by atoms with Gasteiger partial charge >= 0.3 is 0 Å². The summed E-state index contributed by atoms with van der Waals surface area (Å²) in [6.07, 6.45) is 3.75. The third-order valence-corrected chi connectivity index (χ3v) is 5.41. The molecular weight excluding hydrogens is 336 g/mol. The van der Waals surface area contributed by atoms with Crippen LogP contribution < -0.4 is 11.3 Å². The molecule has 2 aromatic heterocycles. The van der Waals surface area contributed by atoms with E-state index in [1.807, 2.05) is 26.2 Å². The molecule has 2 N–H and O–H groups in total. The maximum atomic E-state index is 12.9. The number of hydrogen-bond acceptors (Lipinski definition) is 6. The fraction of sp³-hybridized carbons (Fsp3) is 0.412. The number of nitrogens with zero attached hydrogens (tertiary/aromatic N) is 5. The zero-order valence-electron chi connectivity index (χ0n) is 14.3. The predicted octanol–water partition coefficient (Wildman–Crippen LogP) is 1.61. The molecular formula is C17H20N6OS. The van der Waals surface area contributed by atoms with Gasteiger partial charge in [-0.05, 0) is 39.1 Å². The quantitative estimate of drug-likeness (QED) is 0.554. The largest absolute Gasteiger partial charge is 0.381 e. The lowest BCUT2D eigenvalue weighted by atomic mass is 10.2. The number of fused-ring (bicyclic) bond motifs is 3. The topological polar surface area (TPSA) is 89.4 Å². The van der Waals surface area contributed by atoms with Crippen LogP contribution in [-0.4, -0.2) is 52.5 Å². The molecule has 3 aromatic rings. The van der Waals surface area contributed by atoms with Gasteiger partial charge < -0.3 is 10.6 Å². The first-order valence-corrected chi connectivity index (χ1v) is 9.11. The van der Waals surface area contributed by atoms with Crippen molar-refractivity contribution in [2.45, 2.75) is 18.9 Å². The number of hydrogen-bond donors (Lipinski definition) is 1. The van der Waals surface area contributed by atoms with Gasteiger partial charge in [0.2, 0.25) is 0 Å². The van der Waals surface area contributed by atoms with Crippen molar-refractivity contribution in [3.05, 3.63) is 33.8 Å². The number of nitrogens with two attached hydrogens (primary N) is 1. The SMILES string of the molecule is CN(C)CCN=C(N)c1nc2ccc3ncn(C4CC4)c(=O)c3c2s1. The van der Waals surface area contributed by atoms with Crippen LogP contribution in [0.5, 0.6) is 0 Å². The second-order valence-electron chi connectivity index (χ2n) is 6.59. The minimum absolute atomic E-state index is 0.0106. The summed E-state index contributed by atoms with van der Waals surface area (Å²) in [6.45, 7) is 1.44. The molecule has 0 bridgehead atoms. The van der Waals surface area contributed by atoms with Crippen LogP contribution in [-0.2, 0) is 0 Å². The Morgan fingerprint density at radius 1 is 1.40 bits per heavy atom. The lowest BCUT2D eigenvalue weighted by molar-refractivity contribution is 0.420. The lowest BCUT2D eigenvalue weighted by Crippen LogP contribution is -2.19. The van der Waals surface area contributed by atoms with Gasteiger partial charge in [-0.3, -0.25) is 14.4 Å². The van der Waals surface area contributed by atoms with E-state index in [0.717, 1.165) is 29.6 Å². The number of aliphatic imine (C=N–C) groups is 1. The number of likely N-dealkylation sites (N-methyl/N-ethyl adjacent to an activating group) is 1. The molecule has 8 heteroatoms. The number of rotatable bonds is 5. The first-order valence-electron chi connectivity index (χ1n) is 8.30. The third kappa shape index (κ3) is 3.03. The second-order valence-corrected chi connectivity index (χ2v) is 7.58. The van der Waals surface area contributed by atoms with Crippen LogP contribution >= 0.6 is 11.3 Å². The molecule has 4 rings (SSSR count). The summed E-state index contributed by atoms with van der Waals surface area (Å²) < 4.78 is 2.58. The highest BCUT2D eigenvalue weighted by Crippen LogP contribution is 2.34. The standard InChI is InChI=1S/C17H20N6OS/c1-22(2)8-7-19-15(18)16-21-12-6-5-11-13(14(12)25-16)17(24)23(9-20-11)10-3-4-10/h5-6,9-10H,3-4,7-8H2,1-2H3,(H2,18,19). The van der Waals surface area contributed by atoms with Crippen LogP contribution in [0.4, 0.5) is 0 Å². The normalized spacial score (nSPS) is 15.6. The second kappa shape index (κ2) is 6.20. The number of amidine groups is 1. The molecule has 1 aliphatic rings. The van der Waals surface area contributed by atoms with Crippen molar-refractivity contribution in [3.63, 3.8) is 0 Å². The van der Waals surface area contributed by atoms with E-state index in [0.29, 0.717) is 34.3 Å². The molecule has 2 heterocycles. The smallest absolute Gasteiger partial charge is 0.262 e. The number of thiazole rings is 1. The fourth-order valence-corrected chi connectivity index (χ4v) is 3.78. The van der Waals surface area contributed by atoms with E-state index >= 15 is 0 Å². The summed E-state index contributed by atoms with van der Waals surface area (Å²) in [6, 6.07) is 4.03. The summed E-state index contributed by atoms with van der Waals surface area (Å²) >= 11 is 1.41. The van der Waals surface area contributed by atoms with Gasteiger partial charge in [-0.25, -0.2) is 9.97 Å². The average molecular weight is 356 g/mol. The maximum Gasteiger partial charge on any atom is 0.262 e. The first kappa shape index (κ1) is 16.2. The molecule has 0 saturated heterocycles. The zero-order valence-corrected chi connectivity index (χ0v) is 15.1. The summed E-state index contributed by atoms with van der Waals surface area (Å²) in [4.78, 5) is 28.3. The van der Waals surface area contributed by atoms with Gasteiger partial charge in [0, 0.05) is 12.6 Å². The Hall–Kier alpha value is -2.32. The molecule has 1 saturated carbocycles. The maximum absolute atomic E-state index is 12.9. The number of benzene rings is 1.